The van der Waals surface area contributed by atoms with Crippen LogP contribution in [0.25, 0.3) is 0 Å². The van der Waals surface area contributed by atoms with Gasteiger partial charge in [0.15, 0.2) is 0 Å². The summed E-state index contributed by atoms with van der Waals surface area (Å²) in [6.45, 7) is 1.11. The zero-order chi connectivity index (χ0) is 12.4. The van der Waals surface area contributed by atoms with Gasteiger partial charge >= 0.3 is 0 Å². The lowest BCUT2D eigenvalue weighted by atomic mass is 9.78. The number of hydrazine groups is 1. The predicted octanol–water partition coefficient (Wildman–Crippen LogP) is 1.92. The third-order valence-corrected chi connectivity index (χ3v) is 4.34. The molecular weight excluding hydrogens is 226 g/mol. The maximum Gasteiger partial charge on any atom is 0.145 e. The monoisotopic (exact) mass is 247 g/mol. The van der Waals surface area contributed by atoms with Crippen molar-refractivity contribution in [2.45, 2.75) is 44.6 Å². The second-order valence-corrected chi connectivity index (χ2v) is 5.35. The van der Waals surface area contributed by atoms with E-state index in [1.165, 1.54) is 38.5 Å². The number of nitrogens with zero attached hydrogens (tertiary/aromatic N) is 3. The summed E-state index contributed by atoms with van der Waals surface area (Å²) < 4.78 is 0. The molecule has 18 heavy (non-hydrogen) atoms. The summed E-state index contributed by atoms with van der Waals surface area (Å²) in [6.07, 6.45) is 9.69. The molecule has 1 saturated carbocycles. The van der Waals surface area contributed by atoms with Gasteiger partial charge < -0.3 is 10.3 Å². The van der Waals surface area contributed by atoms with Gasteiger partial charge in [-0.15, -0.1) is 0 Å². The Kier molecular flexibility index (Phi) is 3.32. The van der Waals surface area contributed by atoms with Gasteiger partial charge in [0.05, 0.1) is 0 Å². The third-order valence-electron chi connectivity index (χ3n) is 4.34. The first-order chi connectivity index (χ1) is 8.88. The maximum atomic E-state index is 5.42. The van der Waals surface area contributed by atoms with Crippen LogP contribution in [0.15, 0.2) is 12.4 Å². The molecule has 3 N–H and O–H groups in total. The Labute approximate surface area is 108 Å². The number of nitrogens with one attached hydrogen (secondary N) is 1. The average Bonchev–Trinajstić information content (AvgIpc) is 2.47. The van der Waals surface area contributed by atoms with E-state index in [1.54, 1.807) is 6.33 Å². The summed E-state index contributed by atoms with van der Waals surface area (Å²) in [5.41, 5.74) is 2.60. The molecule has 0 radical (unpaired) electrons. The van der Waals surface area contributed by atoms with Crippen LogP contribution in [0, 0.1) is 5.92 Å². The van der Waals surface area contributed by atoms with E-state index < -0.39 is 0 Å². The number of hydrogen-bond acceptors (Lipinski definition) is 5. The molecule has 2 heterocycles. The van der Waals surface area contributed by atoms with E-state index in [2.05, 4.69) is 20.3 Å². The average molecular weight is 247 g/mol. The molecule has 2 aliphatic rings. The minimum absolute atomic E-state index is 0.674. The first kappa shape index (κ1) is 11.7. The molecule has 0 bridgehead atoms. The zero-order valence-electron chi connectivity index (χ0n) is 10.7. The second kappa shape index (κ2) is 5.10. The fourth-order valence-electron chi connectivity index (χ4n) is 3.49. The summed E-state index contributed by atoms with van der Waals surface area (Å²) in [6, 6.07) is 2.63. The van der Waals surface area contributed by atoms with Crippen molar-refractivity contribution in [2.24, 2.45) is 11.8 Å². The quantitative estimate of drug-likeness (QED) is 0.617. The van der Waals surface area contributed by atoms with Crippen LogP contribution < -0.4 is 16.2 Å². The Morgan fingerprint density at radius 2 is 2.00 bits per heavy atom. The minimum atomic E-state index is 0.674. The number of anilines is 2. The van der Waals surface area contributed by atoms with Gasteiger partial charge in [-0.05, 0) is 31.6 Å². The predicted molar refractivity (Wildman–Crippen MR) is 72.2 cm³/mol. The molecule has 5 nitrogen and oxygen atoms in total. The number of fused-ring (bicyclic) bond motifs is 1. The molecule has 98 valence electrons. The SMILES string of the molecule is NNc1cc(N2CCCC3CCCCC32)ncn1. The molecule has 1 saturated heterocycles. The lowest BCUT2D eigenvalue weighted by Gasteiger charge is -2.44. The van der Waals surface area contributed by atoms with Gasteiger partial charge in [-0.25, -0.2) is 15.8 Å². The topological polar surface area (TPSA) is 67.1 Å². The van der Waals surface area contributed by atoms with Crippen LogP contribution in [-0.2, 0) is 0 Å². The molecular formula is C13H21N5. The van der Waals surface area contributed by atoms with Crippen molar-refractivity contribution >= 4 is 11.6 Å². The van der Waals surface area contributed by atoms with Crippen LogP contribution in [0.4, 0.5) is 11.6 Å². The summed E-state index contributed by atoms with van der Waals surface area (Å²) in [5.74, 6) is 7.99. The molecule has 1 aromatic rings. The highest BCUT2D eigenvalue weighted by Gasteiger charge is 2.33. The van der Waals surface area contributed by atoms with Crippen LogP contribution in [0.2, 0.25) is 0 Å². The minimum Gasteiger partial charge on any atom is -0.353 e. The maximum absolute atomic E-state index is 5.42. The first-order valence-electron chi connectivity index (χ1n) is 6.94. The van der Waals surface area contributed by atoms with Crippen LogP contribution in [-0.4, -0.2) is 22.6 Å². The van der Waals surface area contributed by atoms with Crippen LogP contribution in [0.5, 0.6) is 0 Å². The van der Waals surface area contributed by atoms with Crippen molar-refractivity contribution in [3.05, 3.63) is 12.4 Å². The molecule has 0 aromatic carbocycles. The van der Waals surface area contributed by atoms with Gasteiger partial charge in [0.25, 0.3) is 0 Å². The van der Waals surface area contributed by atoms with Crippen molar-refractivity contribution in [3.63, 3.8) is 0 Å². The normalized spacial score (nSPS) is 27.7. The van der Waals surface area contributed by atoms with Crippen LogP contribution >= 0.6 is 0 Å². The molecule has 2 unspecified atom stereocenters. The van der Waals surface area contributed by atoms with Gasteiger partial charge in [-0.2, -0.15) is 0 Å². The van der Waals surface area contributed by atoms with Crippen molar-refractivity contribution in [2.75, 3.05) is 16.9 Å². The van der Waals surface area contributed by atoms with E-state index >= 15 is 0 Å². The standard InChI is InChI=1S/C13H21N5/c14-17-12-8-13(16-9-15-12)18-7-3-5-10-4-1-2-6-11(10)18/h8-11H,1-7,14H2,(H,15,16,17). The molecule has 5 heteroatoms. The number of piperidine rings is 1. The molecule has 2 fully saturated rings. The second-order valence-electron chi connectivity index (χ2n) is 5.35. The molecule has 1 aliphatic heterocycles. The summed E-state index contributed by atoms with van der Waals surface area (Å²) in [7, 11) is 0. The van der Waals surface area contributed by atoms with E-state index in [0.717, 1.165) is 18.3 Å². The smallest absolute Gasteiger partial charge is 0.145 e. The van der Waals surface area contributed by atoms with Gasteiger partial charge in [0.2, 0.25) is 0 Å². The Morgan fingerprint density at radius 3 is 2.89 bits per heavy atom. The summed E-state index contributed by atoms with van der Waals surface area (Å²) in [5, 5.41) is 0. The molecule has 0 spiro atoms. The van der Waals surface area contributed by atoms with Crippen LogP contribution in [0.1, 0.15) is 38.5 Å². The van der Waals surface area contributed by atoms with E-state index in [0.29, 0.717) is 11.9 Å². The Bertz CT molecular complexity index is 406. The van der Waals surface area contributed by atoms with E-state index in [-0.39, 0.29) is 0 Å². The summed E-state index contributed by atoms with van der Waals surface area (Å²) in [4.78, 5) is 11.0. The highest BCUT2D eigenvalue weighted by Crippen LogP contribution is 2.37. The number of hydrogen-bond donors (Lipinski definition) is 2. The fraction of sp³-hybridized carbons (Fsp3) is 0.692. The summed E-state index contributed by atoms with van der Waals surface area (Å²) >= 11 is 0. The number of nitrogen functional groups attached to an aromatic ring is 1. The van der Waals surface area contributed by atoms with E-state index in [4.69, 9.17) is 5.84 Å². The fourth-order valence-corrected chi connectivity index (χ4v) is 3.49. The zero-order valence-corrected chi connectivity index (χ0v) is 10.7. The van der Waals surface area contributed by atoms with E-state index in [9.17, 15) is 0 Å². The van der Waals surface area contributed by atoms with Crippen molar-refractivity contribution in [1.82, 2.24) is 9.97 Å². The number of nitrogens with two attached hydrogens (primary N) is 1. The highest BCUT2D eigenvalue weighted by molar-refractivity contribution is 5.49. The molecule has 1 aliphatic carbocycles. The van der Waals surface area contributed by atoms with Gasteiger partial charge in [-0.3, -0.25) is 0 Å². The van der Waals surface area contributed by atoms with Crippen molar-refractivity contribution in [1.29, 1.82) is 0 Å². The van der Waals surface area contributed by atoms with Crippen molar-refractivity contribution in [3.8, 4) is 0 Å². The Hall–Kier alpha value is -1.36. The number of rotatable bonds is 2. The highest BCUT2D eigenvalue weighted by atomic mass is 15.3. The van der Waals surface area contributed by atoms with Crippen molar-refractivity contribution < 1.29 is 0 Å². The molecule has 2 atom stereocenters. The lowest BCUT2D eigenvalue weighted by molar-refractivity contribution is 0.242. The Morgan fingerprint density at radius 1 is 1.17 bits per heavy atom. The van der Waals surface area contributed by atoms with Gasteiger partial charge in [0.1, 0.15) is 18.0 Å². The lowest BCUT2D eigenvalue weighted by Crippen LogP contribution is -2.47. The third kappa shape index (κ3) is 2.14. The van der Waals surface area contributed by atoms with E-state index in [1.807, 2.05) is 6.07 Å². The molecule has 3 rings (SSSR count). The largest absolute Gasteiger partial charge is 0.353 e. The molecule has 0 amide bonds. The Balaban J connectivity index is 1.84. The molecule has 1 aromatic heterocycles. The first-order valence-corrected chi connectivity index (χ1v) is 6.94. The van der Waals surface area contributed by atoms with Gasteiger partial charge in [-0.1, -0.05) is 12.8 Å². The van der Waals surface area contributed by atoms with Crippen LogP contribution in [0.3, 0.4) is 0 Å². The number of aromatic nitrogens is 2. The van der Waals surface area contributed by atoms with Gasteiger partial charge in [0, 0.05) is 18.7 Å².